The Bertz CT molecular complexity index is 1140. The smallest absolute Gasteiger partial charge is 0.448 e. The summed E-state index contributed by atoms with van der Waals surface area (Å²) in [4.78, 5) is 28.6. The van der Waals surface area contributed by atoms with Crippen LogP contribution in [0.2, 0.25) is 0 Å². The molecule has 32 heavy (non-hydrogen) atoms. The molecule has 2 amide bonds. The summed E-state index contributed by atoms with van der Waals surface area (Å²) in [7, 11) is 3.01. The molecule has 0 aliphatic rings. The number of furan rings is 1. The van der Waals surface area contributed by atoms with Crippen LogP contribution in [0.4, 0.5) is 28.6 Å². The molecule has 3 rings (SSSR count). The molecular weight excluding hydrogens is 456 g/mol. The average molecular weight is 472 g/mol. The number of hydrogen-bond acceptors (Lipinski definition) is 7. The molecule has 0 aliphatic carbocycles. The van der Waals surface area contributed by atoms with Gasteiger partial charge in [0.05, 0.1) is 18.4 Å². The van der Waals surface area contributed by atoms with Gasteiger partial charge >= 0.3 is 6.36 Å². The van der Waals surface area contributed by atoms with Crippen LogP contribution < -0.4 is 20.7 Å². The number of ether oxygens (including phenoxy) is 1. The number of rotatable bonds is 7. The van der Waals surface area contributed by atoms with Gasteiger partial charge in [0.15, 0.2) is 16.7 Å². The third-order valence-corrected chi connectivity index (χ3v) is 4.86. The van der Waals surface area contributed by atoms with E-state index in [1.165, 1.54) is 24.8 Å². The molecule has 0 radical (unpaired) electrons. The summed E-state index contributed by atoms with van der Waals surface area (Å²) >= 11 is 1.04. The summed E-state index contributed by atoms with van der Waals surface area (Å²) in [6.07, 6.45) is -3.90. The lowest BCUT2D eigenvalue weighted by atomic mass is 10.1. The second-order valence-electron chi connectivity index (χ2n) is 6.25. The van der Waals surface area contributed by atoms with Crippen LogP contribution >= 0.6 is 11.3 Å². The summed E-state index contributed by atoms with van der Waals surface area (Å²) < 4.78 is 59.6. The summed E-state index contributed by atoms with van der Waals surface area (Å²) in [5.74, 6) is -2.87. The van der Waals surface area contributed by atoms with E-state index in [4.69, 9.17) is 4.42 Å². The highest BCUT2D eigenvalue weighted by molar-refractivity contribution is 7.14. The SMILES string of the molecule is CNC(=O)c1c(CC(=O)Nc2nc(-c3ccc(OC(F)(F)F)c(F)c3)cs2)coc1NC. The molecule has 8 nitrogen and oxygen atoms in total. The Balaban J connectivity index is 1.71. The Kier molecular flexibility index (Phi) is 6.67. The van der Waals surface area contributed by atoms with Crippen LogP contribution in [0.1, 0.15) is 15.9 Å². The Morgan fingerprint density at radius 1 is 1.25 bits per heavy atom. The van der Waals surface area contributed by atoms with Crippen molar-refractivity contribution in [1.82, 2.24) is 10.3 Å². The van der Waals surface area contributed by atoms with Crippen molar-refractivity contribution in [3.63, 3.8) is 0 Å². The number of carbonyl (C=O) groups excluding carboxylic acids is 2. The van der Waals surface area contributed by atoms with Gasteiger partial charge in [-0.15, -0.1) is 24.5 Å². The number of hydrogen-bond donors (Lipinski definition) is 3. The van der Waals surface area contributed by atoms with Crippen LogP contribution in [0.3, 0.4) is 0 Å². The highest BCUT2D eigenvalue weighted by atomic mass is 32.1. The third-order valence-electron chi connectivity index (χ3n) is 4.10. The van der Waals surface area contributed by atoms with Crippen molar-refractivity contribution in [2.45, 2.75) is 12.8 Å². The van der Waals surface area contributed by atoms with Crippen molar-refractivity contribution < 1.29 is 36.3 Å². The Morgan fingerprint density at radius 2 is 2.00 bits per heavy atom. The van der Waals surface area contributed by atoms with Crippen LogP contribution in [0.5, 0.6) is 5.75 Å². The number of nitrogens with one attached hydrogen (secondary N) is 3. The van der Waals surface area contributed by atoms with E-state index >= 15 is 0 Å². The van der Waals surface area contributed by atoms with Gasteiger partial charge in [-0.05, 0) is 18.2 Å². The zero-order valence-electron chi connectivity index (χ0n) is 16.6. The fourth-order valence-electron chi connectivity index (χ4n) is 2.75. The first kappa shape index (κ1) is 23.1. The molecule has 1 aromatic carbocycles. The summed E-state index contributed by atoms with van der Waals surface area (Å²) in [6, 6.07) is 2.90. The largest absolute Gasteiger partial charge is 0.573 e. The molecule has 0 aliphatic heterocycles. The molecular formula is C19H16F4N4O4S. The average Bonchev–Trinajstić information content (AvgIpc) is 3.34. The van der Waals surface area contributed by atoms with Gasteiger partial charge < -0.3 is 25.1 Å². The van der Waals surface area contributed by atoms with Crippen LogP contribution in [-0.4, -0.2) is 37.3 Å². The van der Waals surface area contributed by atoms with E-state index in [-0.39, 0.29) is 34.3 Å². The maximum Gasteiger partial charge on any atom is 0.573 e. The Hall–Kier alpha value is -3.61. The van der Waals surface area contributed by atoms with E-state index in [9.17, 15) is 27.2 Å². The number of halogens is 4. The standard InChI is InChI=1S/C19H16F4N4O4S/c1-24-16(29)15-10(7-30-17(15)25-2)6-14(28)27-18-26-12(8-32-18)9-3-4-13(11(20)5-9)31-19(21,22)23/h3-5,7-8,25H,6H2,1-2H3,(H,24,29)(H,26,27,28). The number of anilines is 2. The van der Waals surface area contributed by atoms with Gasteiger partial charge in [0.1, 0.15) is 5.56 Å². The zero-order valence-corrected chi connectivity index (χ0v) is 17.4. The second kappa shape index (κ2) is 9.26. The van der Waals surface area contributed by atoms with Crippen LogP contribution in [0, 0.1) is 5.82 Å². The molecule has 2 heterocycles. The molecule has 3 N–H and O–H groups in total. The minimum Gasteiger partial charge on any atom is -0.448 e. The highest BCUT2D eigenvalue weighted by Gasteiger charge is 2.32. The van der Waals surface area contributed by atoms with Gasteiger partial charge in [0.25, 0.3) is 5.91 Å². The lowest BCUT2D eigenvalue weighted by Gasteiger charge is -2.10. The number of carbonyl (C=O) groups is 2. The number of thiazole rings is 1. The van der Waals surface area contributed by atoms with Crippen LogP contribution in [0.25, 0.3) is 11.3 Å². The molecule has 2 aromatic heterocycles. The van der Waals surface area contributed by atoms with Gasteiger partial charge in [-0.2, -0.15) is 0 Å². The molecule has 0 saturated heterocycles. The Morgan fingerprint density at radius 3 is 2.62 bits per heavy atom. The normalized spacial score (nSPS) is 11.2. The number of nitrogens with zero attached hydrogens (tertiary/aromatic N) is 1. The van der Waals surface area contributed by atoms with Gasteiger partial charge in [-0.1, -0.05) is 0 Å². The molecule has 13 heteroatoms. The molecule has 0 saturated carbocycles. The number of benzene rings is 1. The topological polar surface area (TPSA) is 105 Å². The fraction of sp³-hybridized carbons (Fsp3) is 0.211. The van der Waals surface area contributed by atoms with Crippen LogP contribution in [0.15, 0.2) is 34.3 Å². The number of alkyl halides is 3. The predicted molar refractivity (Wildman–Crippen MR) is 108 cm³/mol. The first-order valence-corrected chi connectivity index (χ1v) is 9.80. The summed E-state index contributed by atoms with van der Waals surface area (Å²) in [5.41, 5.74) is 0.991. The van der Waals surface area contributed by atoms with Crippen molar-refractivity contribution in [2.24, 2.45) is 0 Å². The molecule has 3 aromatic rings. The van der Waals surface area contributed by atoms with Crippen molar-refractivity contribution in [1.29, 1.82) is 0 Å². The van der Waals surface area contributed by atoms with Crippen LogP contribution in [-0.2, 0) is 11.2 Å². The van der Waals surface area contributed by atoms with Gasteiger partial charge in [0.2, 0.25) is 11.8 Å². The number of aromatic nitrogens is 1. The molecule has 0 bridgehead atoms. The zero-order chi connectivity index (χ0) is 23.5. The van der Waals surface area contributed by atoms with Gasteiger partial charge in [-0.25, -0.2) is 9.37 Å². The van der Waals surface area contributed by atoms with E-state index in [1.807, 2.05) is 0 Å². The van der Waals surface area contributed by atoms with Crippen molar-refractivity contribution >= 4 is 34.2 Å². The maximum absolute atomic E-state index is 13.9. The van der Waals surface area contributed by atoms with E-state index in [1.54, 1.807) is 7.05 Å². The summed E-state index contributed by atoms with van der Waals surface area (Å²) in [5, 5.41) is 9.43. The monoisotopic (exact) mass is 472 g/mol. The Labute approximate surface area is 182 Å². The van der Waals surface area contributed by atoms with Gasteiger partial charge in [-0.3, -0.25) is 9.59 Å². The second-order valence-corrected chi connectivity index (χ2v) is 7.11. The first-order valence-electron chi connectivity index (χ1n) is 8.92. The lowest BCUT2D eigenvalue weighted by Crippen LogP contribution is -2.22. The third kappa shape index (κ3) is 5.35. The van der Waals surface area contributed by atoms with E-state index in [0.29, 0.717) is 5.56 Å². The molecule has 0 fully saturated rings. The van der Waals surface area contributed by atoms with Crippen molar-refractivity contribution in [2.75, 3.05) is 24.7 Å². The van der Waals surface area contributed by atoms with E-state index < -0.39 is 29.7 Å². The molecule has 0 atom stereocenters. The molecule has 0 unspecified atom stereocenters. The summed E-state index contributed by atoms with van der Waals surface area (Å²) in [6.45, 7) is 0. The predicted octanol–water partition coefficient (Wildman–Crippen LogP) is 4.02. The van der Waals surface area contributed by atoms with E-state index in [0.717, 1.165) is 23.5 Å². The molecule has 170 valence electrons. The van der Waals surface area contributed by atoms with Crippen molar-refractivity contribution in [3.8, 4) is 17.0 Å². The van der Waals surface area contributed by atoms with Gasteiger partial charge in [0, 0.05) is 30.6 Å². The highest BCUT2D eigenvalue weighted by Crippen LogP contribution is 2.31. The van der Waals surface area contributed by atoms with Crippen molar-refractivity contribution in [3.05, 3.63) is 46.8 Å². The lowest BCUT2D eigenvalue weighted by molar-refractivity contribution is -0.275. The number of amides is 2. The first-order chi connectivity index (χ1) is 15.1. The van der Waals surface area contributed by atoms with E-state index in [2.05, 4.69) is 25.7 Å². The minimum absolute atomic E-state index is 0.180. The minimum atomic E-state index is -5.01. The maximum atomic E-state index is 13.9. The molecule has 0 spiro atoms. The fourth-order valence-corrected chi connectivity index (χ4v) is 3.49. The quantitative estimate of drug-likeness (QED) is 0.449.